The van der Waals surface area contributed by atoms with Crippen LogP contribution in [0.3, 0.4) is 0 Å². The van der Waals surface area contributed by atoms with Crippen molar-refractivity contribution in [3.05, 3.63) is 23.8 Å². The molecule has 1 aliphatic heterocycles. The van der Waals surface area contributed by atoms with Gasteiger partial charge in [0.05, 0.1) is 17.2 Å². The van der Waals surface area contributed by atoms with Crippen LogP contribution in [0.1, 0.15) is 77.1 Å². The molecular weight excluding hydrogens is 496 g/mol. The van der Waals surface area contributed by atoms with Gasteiger partial charge in [0.25, 0.3) is 5.91 Å². The SMILES string of the molecule is CCCCC[C@H]1C(=O)O[C@H](C)[C@H](NC(=O)c2cccc(NC=O)c2O)C(=O)O[C@@H](C)[C@@H]1OC(=O)CC(C)C. The minimum Gasteiger partial charge on any atom is -0.505 e. The Labute approximate surface area is 222 Å². The van der Waals surface area contributed by atoms with Gasteiger partial charge < -0.3 is 30.0 Å². The number of nitrogens with one attached hydrogen (secondary N) is 2. The second-order valence-electron chi connectivity index (χ2n) is 9.85. The van der Waals surface area contributed by atoms with Gasteiger partial charge in [0.1, 0.15) is 12.2 Å². The summed E-state index contributed by atoms with van der Waals surface area (Å²) in [5, 5.41) is 15.1. The number of phenols is 1. The highest BCUT2D eigenvalue weighted by Gasteiger charge is 2.43. The molecule has 1 saturated heterocycles. The van der Waals surface area contributed by atoms with Crippen molar-refractivity contribution in [3.8, 4) is 5.75 Å². The molecule has 1 aromatic rings. The summed E-state index contributed by atoms with van der Waals surface area (Å²) in [5.74, 6) is -4.27. The molecule has 1 aromatic carbocycles. The molecule has 38 heavy (non-hydrogen) atoms. The van der Waals surface area contributed by atoms with Gasteiger partial charge >= 0.3 is 17.9 Å². The van der Waals surface area contributed by atoms with Crippen molar-refractivity contribution in [2.75, 3.05) is 5.32 Å². The van der Waals surface area contributed by atoms with Crippen molar-refractivity contribution in [1.29, 1.82) is 0 Å². The van der Waals surface area contributed by atoms with Gasteiger partial charge in [-0.2, -0.15) is 0 Å². The summed E-state index contributed by atoms with van der Waals surface area (Å²) in [7, 11) is 0. The minimum atomic E-state index is -1.42. The zero-order chi connectivity index (χ0) is 28.4. The zero-order valence-electron chi connectivity index (χ0n) is 22.5. The van der Waals surface area contributed by atoms with Crippen LogP contribution in [0.4, 0.5) is 5.69 Å². The number of cyclic esters (lactones) is 2. The summed E-state index contributed by atoms with van der Waals surface area (Å²) >= 11 is 0. The van der Waals surface area contributed by atoms with Crippen LogP contribution >= 0.6 is 0 Å². The van der Waals surface area contributed by atoms with E-state index in [1.807, 2.05) is 20.8 Å². The van der Waals surface area contributed by atoms with Crippen LogP contribution in [-0.2, 0) is 33.4 Å². The fraction of sp³-hybridized carbons (Fsp3) is 0.593. The average molecular weight is 535 g/mol. The lowest BCUT2D eigenvalue weighted by Gasteiger charge is -2.29. The number of phenolic OH excluding ortho intramolecular Hbond substituents is 1. The smallest absolute Gasteiger partial charge is 0.332 e. The lowest BCUT2D eigenvalue weighted by molar-refractivity contribution is -0.175. The molecule has 0 spiro atoms. The Morgan fingerprint density at radius 2 is 1.79 bits per heavy atom. The fourth-order valence-electron chi connectivity index (χ4n) is 4.22. The maximum atomic E-state index is 13.3. The normalized spacial score (nSPS) is 23.8. The highest BCUT2D eigenvalue weighted by atomic mass is 16.6. The number of anilines is 1. The molecule has 5 atom stereocenters. The number of amides is 2. The quantitative estimate of drug-likeness (QED) is 0.128. The molecule has 210 valence electrons. The van der Waals surface area contributed by atoms with E-state index in [1.165, 1.54) is 32.0 Å². The lowest BCUT2D eigenvalue weighted by Crippen LogP contribution is -2.50. The molecule has 2 amide bonds. The molecule has 0 aromatic heterocycles. The molecule has 11 nitrogen and oxygen atoms in total. The van der Waals surface area contributed by atoms with Crippen molar-refractivity contribution in [3.63, 3.8) is 0 Å². The number of para-hydroxylation sites is 1. The number of hydrogen-bond donors (Lipinski definition) is 3. The predicted octanol–water partition coefficient (Wildman–Crippen LogP) is 3.09. The van der Waals surface area contributed by atoms with Crippen LogP contribution in [0.5, 0.6) is 5.75 Å². The van der Waals surface area contributed by atoms with Gasteiger partial charge in [0.15, 0.2) is 17.9 Å². The van der Waals surface area contributed by atoms with Crippen LogP contribution in [0, 0.1) is 11.8 Å². The van der Waals surface area contributed by atoms with E-state index in [9.17, 15) is 29.1 Å². The van der Waals surface area contributed by atoms with Crippen molar-refractivity contribution in [2.24, 2.45) is 11.8 Å². The maximum absolute atomic E-state index is 13.3. The molecule has 0 radical (unpaired) electrons. The van der Waals surface area contributed by atoms with E-state index in [4.69, 9.17) is 14.2 Å². The molecule has 1 aliphatic rings. The highest BCUT2D eigenvalue weighted by Crippen LogP contribution is 2.29. The third kappa shape index (κ3) is 8.19. The number of rotatable bonds is 11. The number of hydrogen-bond acceptors (Lipinski definition) is 9. The van der Waals surface area contributed by atoms with Crippen LogP contribution in [-0.4, -0.2) is 59.7 Å². The molecule has 2 rings (SSSR count). The molecule has 0 aliphatic carbocycles. The Bertz CT molecular complexity index is 1010. The lowest BCUT2D eigenvalue weighted by atomic mass is 9.92. The van der Waals surface area contributed by atoms with Gasteiger partial charge in [-0.1, -0.05) is 46.1 Å². The van der Waals surface area contributed by atoms with Gasteiger partial charge in [-0.05, 0) is 38.3 Å². The van der Waals surface area contributed by atoms with Gasteiger partial charge in [0.2, 0.25) is 6.41 Å². The Balaban J connectivity index is 2.34. The van der Waals surface area contributed by atoms with Gasteiger partial charge in [0, 0.05) is 6.42 Å². The van der Waals surface area contributed by atoms with Crippen molar-refractivity contribution in [2.45, 2.75) is 91.1 Å². The van der Waals surface area contributed by atoms with E-state index >= 15 is 0 Å². The van der Waals surface area contributed by atoms with E-state index in [-0.39, 0.29) is 23.6 Å². The van der Waals surface area contributed by atoms with E-state index in [0.29, 0.717) is 19.3 Å². The molecule has 0 bridgehead atoms. The summed E-state index contributed by atoms with van der Waals surface area (Å²) in [4.78, 5) is 62.7. The largest absolute Gasteiger partial charge is 0.505 e. The summed E-state index contributed by atoms with van der Waals surface area (Å²) in [6.45, 7) is 8.70. The maximum Gasteiger partial charge on any atom is 0.332 e. The number of esters is 3. The predicted molar refractivity (Wildman–Crippen MR) is 137 cm³/mol. The molecular formula is C27H38N2O9. The van der Waals surface area contributed by atoms with Gasteiger partial charge in [-0.25, -0.2) is 4.79 Å². The third-order valence-corrected chi connectivity index (χ3v) is 6.23. The average Bonchev–Trinajstić information content (AvgIpc) is 2.86. The first kappa shape index (κ1) is 30.6. The summed E-state index contributed by atoms with van der Waals surface area (Å²) in [6.07, 6.45) is 0.0639. The van der Waals surface area contributed by atoms with E-state index in [1.54, 1.807) is 0 Å². The molecule has 1 heterocycles. The van der Waals surface area contributed by atoms with Crippen molar-refractivity contribution >= 4 is 35.9 Å². The van der Waals surface area contributed by atoms with Crippen molar-refractivity contribution in [1.82, 2.24) is 5.32 Å². The topological polar surface area (TPSA) is 157 Å². The molecule has 11 heteroatoms. The Hall–Kier alpha value is -3.63. The van der Waals surface area contributed by atoms with Crippen LogP contribution in [0.2, 0.25) is 0 Å². The third-order valence-electron chi connectivity index (χ3n) is 6.23. The molecule has 1 fully saturated rings. The Morgan fingerprint density at radius 1 is 1.11 bits per heavy atom. The summed E-state index contributed by atoms with van der Waals surface area (Å²) in [6, 6.07) is 2.71. The second-order valence-corrected chi connectivity index (χ2v) is 9.85. The number of carbonyl (C=O) groups is 5. The standard InChI is InChI=1S/C27H38N2O9/c1-6-7-8-10-19-24(38-21(31)13-15(2)3)17(5)37-27(35)22(16(4)36-26(19)34)29-25(33)18-11-9-12-20(23(18)32)28-14-30/h9,11-12,14-17,19,22,24,32H,6-8,10,13H2,1-5H3,(H,28,30)(H,29,33)/t16-,17+,19-,22+,24+/m1/s1. The monoisotopic (exact) mass is 534 g/mol. The molecule has 3 N–H and O–H groups in total. The van der Waals surface area contributed by atoms with Gasteiger partial charge in [-0.3, -0.25) is 19.2 Å². The number of carbonyl (C=O) groups excluding carboxylic acids is 5. The second kappa shape index (κ2) is 14.3. The van der Waals surface area contributed by atoms with Crippen LogP contribution in [0.25, 0.3) is 0 Å². The first-order chi connectivity index (χ1) is 18.0. The van der Waals surface area contributed by atoms with Crippen LogP contribution in [0.15, 0.2) is 18.2 Å². The molecule has 0 unspecified atom stereocenters. The first-order valence-corrected chi connectivity index (χ1v) is 12.9. The fourth-order valence-corrected chi connectivity index (χ4v) is 4.22. The first-order valence-electron chi connectivity index (χ1n) is 12.9. The number of ether oxygens (including phenoxy) is 3. The van der Waals surface area contributed by atoms with E-state index in [0.717, 1.165) is 12.8 Å². The van der Waals surface area contributed by atoms with E-state index in [2.05, 4.69) is 10.6 Å². The van der Waals surface area contributed by atoms with Crippen molar-refractivity contribution < 1.29 is 43.3 Å². The molecule has 0 saturated carbocycles. The highest BCUT2D eigenvalue weighted by molar-refractivity contribution is 6.01. The van der Waals surface area contributed by atoms with E-state index < -0.39 is 59.8 Å². The Morgan fingerprint density at radius 3 is 2.42 bits per heavy atom. The Kier molecular flexibility index (Phi) is 11.5. The minimum absolute atomic E-state index is 0.00114. The number of benzene rings is 1. The summed E-state index contributed by atoms with van der Waals surface area (Å²) < 4.78 is 16.9. The van der Waals surface area contributed by atoms with Crippen LogP contribution < -0.4 is 10.6 Å². The zero-order valence-corrected chi connectivity index (χ0v) is 22.5. The number of unbranched alkanes of at least 4 members (excludes halogenated alkanes) is 2. The summed E-state index contributed by atoms with van der Waals surface area (Å²) in [5.41, 5.74) is -0.215. The van der Waals surface area contributed by atoms with Gasteiger partial charge in [-0.15, -0.1) is 0 Å². The number of aromatic hydroxyl groups is 1.